The van der Waals surface area contributed by atoms with Crippen molar-refractivity contribution in [3.05, 3.63) is 88.0 Å². The van der Waals surface area contributed by atoms with Crippen LogP contribution in [0.1, 0.15) is 55.7 Å². The van der Waals surface area contributed by atoms with Crippen molar-refractivity contribution in [2.75, 3.05) is 18.8 Å². The molecule has 1 saturated heterocycles. The number of thiazole rings is 1. The molecule has 1 aliphatic heterocycles. The van der Waals surface area contributed by atoms with Crippen LogP contribution in [0.15, 0.2) is 65.7 Å². The Labute approximate surface area is 208 Å². The number of piperidine rings is 1. The van der Waals surface area contributed by atoms with Crippen LogP contribution in [0.3, 0.4) is 0 Å². The molecule has 1 aromatic carbocycles. The van der Waals surface area contributed by atoms with Crippen molar-refractivity contribution in [3.8, 4) is 0 Å². The maximum Gasteiger partial charge on any atom is 0.271 e. The first-order valence-corrected chi connectivity index (χ1v) is 13.2. The van der Waals surface area contributed by atoms with Gasteiger partial charge in [-0.25, -0.2) is 9.97 Å². The fourth-order valence-electron chi connectivity index (χ4n) is 3.98. The summed E-state index contributed by atoms with van der Waals surface area (Å²) in [6.07, 6.45) is 5.19. The third-order valence-electron chi connectivity index (χ3n) is 5.76. The summed E-state index contributed by atoms with van der Waals surface area (Å²) in [5.74, 6) is 0.840. The second-order valence-corrected chi connectivity index (χ2v) is 10.2. The minimum atomic E-state index is -0.155. The average Bonchev–Trinajstić information content (AvgIpc) is 3.36. The Balaban J connectivity index is 1.32. The molecule has 0 radical (unpaired) electrons. The number of rotatable bonds is 8. The fourth-order valence-corrected chi connectivity index (χ4v) is 5.67. The highest BCUT2D eigenvalue weighted by Crippen LogP contribution is 2.31. The molecule has 0 atom stereocenters. The van der Waals surface area contributed by atoms with E-state index >= 15 is 0 Å². The Kier molecular flexibility index (Phi) is 8.13. The lowest BCUT2D eigenvalue weighted by Gasteiger charge is -2.31. The number of amides is 2. The third-order valence-corrected chi connectivity index (χ3v) is 7.77. The number of nitrogens with one attached hydrogen (secondary N) is 1. The monoisotopic (exact) mass is 492 g/mol. The normalized spacial score (nSPS) is 14.1. The van der Waals surface area contributed by atoms with Gasteiger partial charge in [0.2, 0.25) is 0 Å². The standard InChI is InChI=1S/C26H28N4O2S2/c1-3-14-33-25-21(8-5-11-27-25)26(32)30-12-9-20(10-13-30)24-29-22(17-34-24)23(31)28-16-19-7-4-6-18(2)15-19/h3-8,11,15,17,20H,1,9-10,12-14,16H2,2H3,(H,28,31). The lowest BCUT2D eigenvalue weighted by atomic mass is 9.97. The largest absolute Gasteiger partial charge is 0.347 e. The van der Waals surface area contributed by atoms with Crippen LogP contribution in [0.25, 0.3) is 0 Å². The third kappa shape index (κ3) is 5.93. The van der Waals surface area contributed by atoms with Gasteiger partial charge in [0.15, 0.2) is 0 Å². The fraction of sp³-hybridized carbons (Fsp3) is 0.308. The van der Waals surface area contributed by atoms with Crippen LogP contribution in [0, 0.1) is 6.92 Å². The number of hydrogen-bond acceptors (Lipinski definition) is 6. The second-order valence-electron chi connectivity index (χ2n) is 8.26. The van der Waals surface area contributed by atoms with Gasteiger partial charge in [0, 0.05) is 42.9 Å². The second kappa shape index (κ2) is 11.4. The van der Waals surface area contributed by atoms with Gasteiger partial charge in [0.25, 0.3) is 11.8 Å². The van der Waals surface area contributed by atoms with Crippen LogP contribution in [0.2, 0.25) is 0 Å². The molecule has 1 aliphatic rings. The maximum absolute atomic E-state index is 13.1. The summed E-state index contributed by atoms with van der Waals surface area (Å²) in [7, 11) is 0. The molecule has 2 amide bonds. The number of aryl methyl sites for hydroxylation is 1. The quantitative estimate of drug-likeness (QED) is 0.351. The molecular weight excluding hydrogens is 464 g/mol. The Morgan fingerprint density at radius 2 is 2.09 bits per heavy atom. The van der Waals surface area contributed by atoms with Gasteiger partial charge in [0.1, 0.15) is 10.7 Å². The molecule has 34 heavy (non-hydrogen) atoms. The summed E-state index contributed by atoms with van der Waals surface area (Å²) in [5, 5.41) is 6.50. The van der Waals surface area contributed by atoms with Crippen LogP contribution >= 0.6 is 23.1 Å². The van der Waals surface area contributed by atoms with Gasteiger partial charge in [-0.3, -0.25) is 9.59 Å². The van der Waals surface area contributed by atoms with E-state index in [1.165, 1.54) is 28.7 Å². The predicted octanol–water partition coefficient (Wildman–Crippen LogP) is 5.07. The van der Waals surface area contributed by atoms with Crippen LogP contribution in [0.4, 0.5) is 0 Å². The van der Waals surface area contributed by atoms with Crippen LogP contribution in [-0.2, 0) is 6.54 Å². The van der Waals surface area contributed by atoms with Crippen LogP contribution < -0.4 is 5.32 Å². The Bertz CT molecular complexity index is 1170. The van der Waals surface area contributed by atoms with Gasteiger partial charge in [-0.1, -0.05) is 35.9 Å². The number of thioether (sulfide) groups is 1. The highest BCUT2D eigenvalue weighted by atomic mass is 32.2. The molecule has 6 nitrogen and oxygen atoms in total. The maximum atomic E-state index is 13.1. The molecule has 3 aromatic rings. The lowest BCUT2D eigenvalue weighted by molar-refractivity contribution is 0.0708. The number of aromatic nitrogens is 2. The van der Waals surface area contributed by atoms with Crippen LogP contribution in [-0.4, -0.2) is 45.5 Å². The number of likely N-dealkylation sites (tertiary alicyclic amines) is 1. The smallest absolute Gasteiger partial charge is 0.271 e. The first-order valence-electron chi connectivity index (χ1n) is 11.3. The average molecular weight is 493 g/mol. The van der Waals surface area contributed by atoms with E-state index in [0.29, 0.717) is 36.6 Å². The highest BCUT2D eigenvalue weighted by Gasteiger charge is 2.28. The van der Waals surface area contributed by atoms with E-state index in [4.69, 9.17) is 0 Å². The van der Waals surface area contributed by atoms with E-state index in [2.05, 4.69) is 27.9 Å². The molecule has 0 saturated carbocycles. The van der Waals surface area contributed by atoms with Crippen molar-refractivity contribution in [2.24, 2.45) is 0 Å². The summed E-state index contributed by atoms with van der Waals surface area (Å²) in [6.45, 7) is 7.59. The summed E-state index contributed by atoms with van der Waals surface area (Å²) in [5.41, 5.74) is 3.35. The number of carbonyl (C=O) groups is 2. The first kappa shape index (κ1) is 24.2. The Hall–Kier alpha value is -2.97. The zero-order chi connectivity index (χ0) is 23.9. The summed E-state index contributed by atoms with van der Waals surface area (Å²) in [6, 6.07) is 11.7. The van der Waals surface area contributed by atoms with Crippen molar-refractivity contribution in [2.45, 2.75) is 37.3 Å². The molecule has 0 bridgehead atoms. The zero-order valence-corrected chi connectivity index (χ0v) is 20.8. The molecule has 0 unspecified atom stereocenters. The molecule has 1 fully saturated rings. The number of hydrogen-bond donors (Lipinski definition) is 1. The number of pyridine rings is 1. The van der Waals surface area contributed by atoms with E-state index < -0.39 is 0 Å². The van der Waals surface area contributed by atoms with Crippen LogP contribution in [0.5, 0.6) is 0 Å². The van der Waals surface area contributed by atoms with Gasteiger partial charge in [-0.15, -0.1) is 29.7 Å². The predicted molar refractivity (Wildman–Crippen MR) is 137 cm³/mol. The zero-order valence-electron chi connectivity index (χ0n) is 19.2. The highest BCUT2D eigenvalue weighted by molar-refractivity contribution is 7.99. The van der Waals surface area contributed by atoms with Crippen molar-refractivity contribution < 1.29 is 9.59 Å². The van der Waals surface area contributed by atoms with Crippen molar-refractivity contribution in [1.82, 2.24) is 20.2 Å². The molecule has 2 aromatic heterocycles. The number of carbonyl (C=O) groups excluding carboxylic acids is 2. The van der Waals surface area contributed by atoms with Gasteiger partial charge in [-0.05, 0) is 37.5 Å². The van der Waals surface area contributed by atoms with Gasteiger partial charge in [0.05, 0.1) is 10.6 Å². The lowest BCUT2D eigenvalue weighted by Crippen LogP contribution is -2.38. The SMILES string of the molecule is C=CCSc1ncccc1C(=O)N1CCC(c2nc(C(=O)NCc3cccc(C)c3)cs2)CC1. The van der Waals surface area contributed by atoms with E-state index in [1.807, 2.05) is 47.5 Å². The molecular formula is C26H28N4O2S2. The van der Waals surface area contributed by atoms with Crippen molar-refractivity contribution in [1.29, 1.82) is 0 Å². The summed E-state index contributed by atoms with van der Waals surface area (Å²) < 4.78 is 0. The Morgan fingerprint density at radius 1 is 1.26 bits per heavy atom. The first-order chi connectivity index (χ1) is 16.5. The minimum absolute atomic E-state index is 0.0217. The summed E-state index contributed by atoms with van der Waals surface area (Å²) >= 11 is 3.05. The molecule has 3 heterocycles. The van der Waals surface area contributed by atoms with E-state index in [-0.39, 0.29) is 17.7 Å². The molecule has 0 aliphatic carbocycles. The van der Waals surface area contributed by atoms with Gasteiger partial charge in [-0.2, -0.15) is 0 Å². The molecule has 176 valence electrons. The molecule has 8 heteroatoms. The Morgan fingerprint density at radius 3 is 2.85 bits per heavy atom. The van der Waals surface area contributed by atoms with Crippen molar-refractivity contribution >= 4 is 34.9 Å². The number of nitrogens with zero attached hydrogens (tertiary/aromatic N) is 3. The topological polar surface area (TPSA) is 75.2 Å². The van der Waals surface area contributed by atoms with E-state index in [1.54, 1.807) is 12.3 Å². The van der Waals surface area contributed by atoms with Crippen molar-refractivity contribution in [3.63, 3.8) is 0 Å². The minimum Gasteiger partial charge on any atom is -0.347 e. The van der Waals surface area contributed by atoms with Gasteiger partial charge >= 0.3 is 0 Å². The molecule has 0 spiro atoms. The number of benzene rings is 1. The van der Waals surface area contributed by atoms with Gasteiger partial charge < -0.3 is 10.2 Å². The summed E-state index contributed by atoms with van der Waals surface area (Å²) in [4.78, 5) is 36.6. The molecule has 1 N–H and O–H groups in total. The molecule has 4 rings (SSSR count). The van der Waals surface area contributed by atoms with E-state index in [0.717, 1.165) is 28.4 Å². The van der Waals surface area contributed by atoms with E-state index in [9.17, 15) is 9.59 Å².